The molecule has 9 heteroatoms. The number of aliphatic hydroxyl groups excluding tert-OH is 1. The molecule has 9 nitrogen and oxygen atoms in total. The van der Waals surface area contributed by atoms with E-state index >= 15 is 0 Å². The molecular formula is C24H27N7O2. The molecule has 2 aromatic heterocycles. The molecule has 0 bridgehead atoms. The first-order chi connectivity index (χ1) is 16.0. The van der Waals surface area contributed by atoms with Crippen molar-refractivity contribution in [1.82, 2.24) is 19.7 Å². The highest BCUT2D eigenvalue weighted by Crippen LogP contribution is 2.41. The molecule has 0 spiro atoms. The van der Waals surface area contributed by atoms with Gasteiger partial charge in [0, 0.05) is 43.0 Å². The van der Waals surface area contributed by atoms with Crippen LogP contribution in [0.5, 0.6) is 0 Å². The third-order valence-corrected chi connectivity index (χ3v) is 6.50. The van der Waals surface area contributed by atoms with Crippen molar-refractivity contribution in [2.24, 2.45) is 0 Å². The summed E-state index contributed by atoms with van der Waals surface area (Å²) in [5.74, 6) is 1.31. The number of nitrogens with one attached hydrogen (secondary N) is 2. The molecule has 3 N–H and O–H groups in total. The van der Waals surface area contributed by atoms with Crippen LogP contribution >= 0.6 is 0 Å². The summed E-state index contributed by atoms with van der Waals surface area (Å²) in [6, 6.07) is 10.2. The molecule has 0 amide bonds. The third-order valence-electron chi connectivity index (χ3n) is 6.50. The zero-order valence-electron chi connectivity index (χ0n) is 18.8. The highest BCUT2D eigenvalue weighted by Gasteiger charge is 2.36. The van der Waals surface area contributed by atoms with Gasteiger partial charge in [-0.1, -0.05) is 6.92 Å². The first-order valence-corrected chi connectivity index (χ1v) is 11.2. The van der Waals surface area contributed by atoms with Crippen LogP contribution in [0.4, 0.5) is 17.5 Å². The molecule has 1 saturated heterocycles. The summed E-state index contributed by atoms with van der Waals surface area (Å²) in [6.07, 6.45) is 3.54. The van der Waals surface area contributed by atoms with E-state index in [1.54, 1.807) is 6.20 Å². The maximum Gasteiger partial charge on any atom is 0.228 e. The van der Waals surface area contributed by atoms with Gasteiger partial charge < -0.3 is 20.5 Å². The summed E-state index contributed by atoms with van der Waals surface area (Å²) in [4.78, 5) is 9.14. The summed E-state index contributed by atoms with van der Waals surface area (Å²) in [5.41, 5.74) is 4.26. The van der Waals surface area contributed by atoms with Crippen molar-refractivity contribution in [2.75, 3.05) is 37.0 Å². The summed E-state index contributed by atoms with van der Waals surface area (Å²) < 4.78 is 7.50. The van der Waals surface area contributed by atoms with E-state index in [1.807, 2.05) is 42.8 Å². The molecule has 1 atom stereocenters. The fourth-order valence-electron chi connectivity index (χ4n) is 4.58. The van der Waals surface area contributed by atoms with Gasteiger partial charge in [0.15, 0.2) is 0 Å². The first kappa shape index (κ1) is 21.4. The number of aliphatic hydroxyl groups is 1. The van der Waals surface area contributed by atoms with Crippen molar-refractivity contribution < 1.29 is 9.84 Å². The SMILES string of the molecule is Cc1cc(Nc2nccc(-c3cc(C#N)c4c(c3)C(C)(CO)CN4)n2)n(C2CCOCC2)n1. The summed E-state index contributed by atoms with van der Waals surface area (Å²) in [7, 11) is 0. The Morgan fingerprint density at radius 2 is 2.15 bits per heavy atom. The lowest BCUT2D eigenvalue weighted by molar-refractivity contribution is 0.0668. The first-order valence-electron chi connectivity index (χ1n) is 11.2. The van der Waals surface area contributed by atoms with Gasteiger partial charge in [-0.2, -0.15) is 10.4 Å². The van der Waals surface area contributed by atoms with E-state index in [2.05, 4.69) is 26.8 Å². The molecule has 1 aromatic carbocycles. The Morgan fingerprint density at radius 1 is 1.33 bits per heavy atom. The normalized spacial score (nSPS) is 20.2. The van der Waals surface area contributed by atoms with Gasteiger partial charge in [-0.3, -0.25) is 0 Å². The van der Waals surface area contributed by atoms with E-state index in [0.717, 1.165) is 54.4 Å². The molecule has 1 fully saturated rings. The second kappa shape index (κ2) is 8.46. The molecule has 0 aliphatic carbocycles. The van der Waals surface area contributed by atoms with Gasteiger partial charge in [-0.25, -0.2) is 14.6 Å². The standard InChI is InChI=1S/C24H27N7O2/c1-15-9-21(31(30-15)18-4-7-33-8-5-18)29-23-26-6-3-20(28-23)16-10-17(12-25)22-19(11-16)24(2,14-32)13-27-22/h3,6,9-11,18,27,32H,4-5,7-8,13-14H2,1-2H3,(H,26,28,29). The molecular weight excluding hydrogens is 418 g/mol. The van der Waals surface area contributed by atoms with E-state index in [9.17, 15) is 10.4 Å². The minimum absolute atomic E-state index is 0.00650. The molecule has 4 heterocycles. The van der Waals surface area contributed by atoms with E-state index in [4.69, 9.17) is 9.72 Å². The van der Waals surface area contributed by atoms with Crippen LogP contribution in [-0.2, 0) is 10.2 Å². The van der Waals surface area contributed by atoms with Crippen LogP contribution in [0.1, 0.15) is 42.6 Å². The van der Waals surface area contributed by atoms with Crippen LogP contribution in [0.2, 0.25) is 0 Å². The molecule has 2 aliphatic heterocycles. The zero-order valence-corrected chi connectivity index (χ0v) is 18.8. The van der Waals surface area contributed by atoms with Crippen LogP contribution in [0.25, 0.3) is 11.3 Å². The van der Waals surface area contributed by atoms with Gasteiger partial charge in [-0.15, -0.1) is 0 Å². The van der Waals surface area contributed by atoms with Crippen LogP contribution in [0, 0.1) is 18.3 Å². The van der Waals surface area contributed by atoms with Gasteiger partial charge in [-0.05, 0) is 43.5 Å². The number of fused-ring (bicyclic) bond motifs is 1. The minimum atomic E-state index is -0.446. The Balaban J connectivity index is 1.48. The van der Waals surface area contributed by atoms with Crippen molar-refractivity contribution >= 4 is 17.5 Å². The molecule has 1 unspecified atom stereocenters. The van der Waals surface area contributed by atoms with Crippen molar-refractivity contribution in [3.63, 3.8) is 0 Å². The lowest BCUT2D eigenvalue weighted by Crippen LogP contribution is -2.28. The number of hydrogen-bond donors (Lipinski definition) is 3. The smallest absolute Gasteiger partial charge is 0.228 e. The second-order valence-corrected chi connectivity index (χ2v) is 8.98. The van der Waals surface area contributed by atoms with E-state index < -0.39 is 5.41 Å². The number of nitrogens with zero attached hydrogens (tertiary/aromatic N) is 5. The Kier molecular flexibility index (Phi) is 5.48. The minimum Gasteiger partial charge on any atom is -0.395 e. The van der Waals surface area contributed by atoms with E-state index in [0.29, 0.717) is 23.8 Å². The van der Waals surface area contributed by atoms with Crippen molar-refractivity contribution in [3.8, 4) is 17.3 Å². The highest BCUT2D eigenvalue weighted by molar-refractivity contribution is 5.76. The predicted molar refractivity (Wildman–Crippen MR) is 124 cm³/mol. The maximum atomic E-state index is 9.97. The van der Waals surface area contributed by atoms with Gasteiger partial charge >= 0.3 is 0 Å². The quantitative estimate of drug-likeness (QED) is 0.547. The topological polar surface area (TPSA) is 121 Å². The Bertz CT molecular complexity index is 1230. The number of ether oxygens (including phenoxy) is 1. The summed E-state index contributed by atoms with van der Waals surface area (Å²) >= 11 is 0. The summed E-state index contributed by atoms with van der Waals surface area (Å²) in [5, 5.41) is 31.0. The van der Waals surface area contributed by atoms with Gasteiger partial charge in [0.25, 0.3) is 0 Å². The third kappa shape index (κ3) is 3.92. The largest absolute Gasteiger partial charge is 0.395 e. The number of nitriles is 1. The molecule has 33 heavy (non-hydrogen) atoms. The van der Waals surface area contributed by atoms with E-state index in [-0.39, 0.29) is 12.6 Å². The number of aromatic nitrogens is 4. The Labute approximate surface area is 192 Å². The van der Waals surface area contributed by atoms with Crippen LogP contribution < -0.4 is 10.6 Å². The predicted octanol–water partition coefficient (Wildman–Crippen LogP) is 3.29. The van der Waals surface area contributed by atoms with Crippen molar-refractivity contribution in [1.29, 1.82) is 5.26 Å². The van der Waals surface area contributed by atoms with Crippen LogP contribution in [0.15, 0.2) is 30.5 Å². The lowest BCUT2D eigenvalue weighted by Gasteiger charge is -2.24. The van der Waals surface area contributed by atoms with Crippen LogP contribution in [-0.4, -0.2) is 51.2 Å². The van der Waals surface area contributed by atoms with Crippen LogP contribution in [0.3, 0.4) is 0 Å². The number of aryl methyl sites for hydroxylation is 1. The lowest BCUT2D eigenvalue weighted by atomic mass is 9.83. The Morgan fingerprint density at radius 3 is 2.91 bits per heavy atom. The van der Waals surface area contributed by atoms with Gasteiger partial charge in [0.05, 0.1) is 35.3 Å². The van der Waals surface area contributed by atoms with E-state index in [1.165, 1.54) is 0 Å². The molecule has 0 saturated carbocycles. The molecule has 5 rings (SSSR count). The average molecular weight is 446 g/mol. The molecule has 3 aromatic rings. The number of anilines is 3. The highest BCUT2D eigenvalue weighted by atomic mass is 16.5. The van der Waals surface area contributed by atoms with Gasteiger partial charge in [0.1, 0.15) is 11.9 Å². The number of benzene rings is 1. The molecule has 0 radical (unpaired) electrons. The molecule has 2 aliphatic rings. The fourth-order valence-corrected chi connectivity index (χ4v) is 4.58. The number of hydrogen-bond acceptors (Lipinski definition) is 8. The average Bonchev–Trinajstić information content (AvgIpc) is 3.39. The monoisotopic (exact) mass is 445 g/mol. The zero-order chi connectivity index (χ0) is 23.0. The van der Waals surface area contributed by atoms with Gasteiger partial charge in [0.2, 0.25) is 5.95 Å². The summed E-state index contributed by atoms with van der Waals surface area (Å²) in [6.45, 7) is 6.00. The van der Waals surface area contributed by atoms with Crippen molar-refractivity contribution in [3.05, 3.63) is 47.3 Å². The maximum absolute atomic E-state index is 9.97. The molecule has 170 valence electrons. The fraction of sp³-hybridized carbons (Fsp3) is 0.417. The Hall–Kier alpha value is -3.48. The number of rotatable bonds is 5. The second-order valence-electron chi connectivity index (χ2n) is 8.98. The van der Waals surface area contributed by atoms with Crippen molar-refractivity contribution in [2.45, 2.75) is 38.1 Å².